The van der Waals surface area contributed by atoms with E-state index in [1.54, 1.807) is 20.8 Å². The Morgan fingerprint density at radius 1 is 1.19 bits per heavy atom. The van der Waals surface area contributed by atoms with E-state index in [0.29, 0.717) is 6.42 Å². The van der Waals surface area contributed by atoms with E-state index in [9.17, 15) is 14.4 Å². The molecule has 120 valence electrons. The van der Waals surface area contributed by atoms with Crippen LogP contribution >= 0.6 is 0 Å². The number of rotatable bonds is 4. The molecule has 0 radical (unpaired) electrons. The number of nitrogens with one attached hydrogen (secondary N) is 1. The molecule has 1 N–H and O–H groups in total. The summed E-state index contributed by atoms with van der Waals surface area (Å²) in [5.41, 5.74) is -0.543. The van der Waals surface area contributed by atoms with Crippen LogP contribution in [0.5, 0.6) is 0 Å². The first kappa shape index (κ1) is 17.5. The fourth-order valence-corrected chi connectivity index (χ4v) is 2.45. The van der Waals surface area contributed by atoms with Crippen molar-refractivity contribution in [1.82, 2.24) is 5.32 Å². The van der Waals surface area contributed by atoms with Crippen LogP contribution in [0.2, 0.25) is 0 Å². The monoisotopic (exact) mass is 299 g/mol. The predicted octanol–water partition coefficient (Wildman–Crippen LogP) is 2.20. The van der Waals surface area contributed by atoms with Crippen molar-refractivity contribution >= 4 is 17.8 Å². The predicted molar refractivity (Wildman–Crippen MR) is 76.8 cm³/mol. The number of amides is 1. The molecule has 6 nitrogen and oxygen atoms in total. The quantitative estimate of drug-likeness (QED) is 0.635. The lowest BCUT2D eigenvalue weighted by molar-refractivity contribution is -0.144. The maximum Gasteiger partial charge on any atom is 0.407 e. The smallest absolute Gasteiger partial charge is 0.407 e. The number of hydrogen-bond acceptors (Lipinski definition) is 5. The van der Waals surface area contributed by atoms with Crippen LogP contribution in [0, 0.1) is 5.92 Å². The minimum Gasteiger partial charge on any atom is -0.469 e. The molecule has 0 aromatic carbocycles. The Balaban J connectivity index is 2.47. The molecule has 1 rings (SSSR count). The van der Waals surface area contributed by atoms with Gasteiger partial charge in [-0.1, -0.05) is 6.42 Å². The summed E-state index contributed by atoms with van der Waals surface area (Å²) in [5.74, 6) is -0.822. The number of Topliss-reactive ketones (excluding diaryl/α,β-unsaturated/α-hetero) is 1. The van der Waals surface area contributed by atoms with Gasteiger partial charge in [0.25, 0.3) is 0 Å². The lowest BCUT2D eigenvalue weighted by Gasteiger charge is -2.29. The summed E-state index contributed by atoms with van der Waals surface area (Å²) in [5, 5.41) is 2.80. The van der Waals surface area contributed by atoms with Crippen LogP contribution in [0.4, 0.5) is 4.79 Å². The zero-order valence-corrected chi connectivity index (χ0v) is 13.2. The Morgan fingerprint density at radius 2 is 1.86 bits per heavy atom. The van der Waals surface area contributed by atoms with Crippen LogP contribution in [0.25, 0.3) is 0 Å². The third-order valence-electron chi connectivity index (χ3n) is 3.40. The highest BCUT2D eigenvalue weighted by Gasteiger charge is 2.30. The number of hydrogen-bond donors (Lipinski definition) is 1. The lowest BCUT2D eigenvalue weighted by Crippen LogP contribution is -2.42. The summed E-state index contributed by atoms with van der Waals surface area (Å²) >= 11 is 0. The van der Waals surface area contributed by atoms with Crippen LogP contribution in [-0.4, -0.2) is 36.6 Å². The number of ketones is 1. The maximum absolute atomic E-state index is 12.0. The highest BCUT2D eigenvalue weighted by atomic mass is 16.6. The summed E-state index contributed by atoms with van der Waals surface area (Å²) in [6, 6.07) is -0.0832. The van der Waals surface area contributed by atoms with Crippen LogP contribution < -0.4 is 5.32 Å². The van der Waals surface area contributed by atoms with Crippen LogP contribution in [0.15, 0.2) is 0 Å². The van der Waals surface area contributed by atoms with Gasteiger partial charge in [-0.2, -0.15) is 0 Å². The lowest BCUT2D eigenvalue weighted by atomic mass is 9.82. The van der Waals surface area contributed by atoms with E-state index in [1.807, 2.05) is 0 Å². The van der Waals surface area contributed by atoms with Gasteiger partial charge in [-0.05, 0) is 40.0 Å². The average molecular weight is 299 g/mol. The first-order chi connectivity index (χ1) is 9.71. The summed E-state index contributed by atoms with van der Waals surface area (Å²) < 4.78 is 9.72. The van der Waals surface area contributed by atoms with E-state index in [-0.39, 0.29) is 24.2 Å². The zero-order valence-electron chi connectivity index (χ0n) is 13.2. The summed E-state index contributed by atoms with van der Waals surface area (Å²) in [6.07, 6.45) is 2.31. The fraction of sp³-hybridized carbons (Fsp3) is 0.800. The van der Waals surface area contributed by atoms with Gasteiger partial charge >= 0.3 is 12.1 Å². The highest BCUT2D eigenvalue weighted by molar-refractivity contribution is 5.96. The van der Waals surface area contributed by atoms with Gasteiger partial charge in [-0.3, -0.25) is 9.59 Å². The van der Waals surface area contributed by atoms with Crippen molar-refractivity contribution < 1.29 is 23.9 Å². The SMILES string of the molecule is COC(=O)CC(=O)C1CCCC(NC(=O)OC(C)(C)C)C1. The third kappa shape index (κ3) is 6.60. The number of carbonyl (C=O) groups excluding carboxylic acids is 3. The molecule has 2 atom stereocenters. The van der Waals surface area contributed by atoms with Crippen molar-refractivity contribution in [2.45, 2.75) is 64.5 Å². The van der Waals surface area contributed by atoms with Crippen molar-refractivity contribution in [2.75, 3.05) is 7.11 Å². The molecule has 1 fully saturated rings. The second kappa shape index (κ2) is 7.43. The molecule has 0 bridgehead atoms. The van der Waals surface area contributed by atoms with Crippen LogP contribution in [0.1, 0.15) is 52.9 Å². The molecule has 0 saturated heterocycles. The van der Waals surface area contributed by atoms with Crippen molar-refractivity contribution in [3.8, 4) is 0 Å². The third-order valence-corrected chi connectivity index (χ3v) is 3.40. The van der Waals surface area contributed by atoms with Gasteiger partial charge in [0.15, 0.2) is 0 Å². The second-order valence-electron chi connectivity index (χ2n) is 6.43. The molecule has 0 aliphatic heterocycles. The molecule has 1 amide bonds. The maximum atomic E-state index is 12.0. The van der Waals surface area contributed by atoms with Gasteiger partial charge in [0, 0.05) is 12.0 Å². The van der Waals surface area contributed by atoms with Gasteiger partial charge in [0.1, 0.15) is 17.8 Å². The molecule has 6 heteroatoms. The van der Waals surface area contributed by atoms with Crippen molar-refractivity contribution in [3.05, 3.63) is 0 Å². The van der Waals surface area contributed by atoms with Crippen molar-refractivity contribution in [2.24, 2.45) is 5.92 Å². The zero-order chi connectivity index (χ0) is 16.0. The van der Waals surface area contributed by atoms with E-state index in [0.717, 1.165) is 19.3 Å². The van der Waals surface area contributed by atoms with Crippen molar-refractivity contribution in [3.63, 3.8) is 0 Å². The van der Waals surface area contributed by atoms with E-state index < -0.39 is 17.7 Å². The molecule has 1 aliphatic carbocycles. The number of methoxy groups -OCH3 is 1. The topological polar surface area (TPSA) is 81.7 Å². The molecule has 0 aromatic rings. The Morgan fingerprint density at radius 3 is 2.43 bits per heavy atom. The minimum absolute atomic E-state index is 0.0832. The van der Waals surface area contributed by atoms with E-state index in [1.165, 1.54) is 7.11 Å². The van der Waals surface area contributed by atoms with E-state index in [4.69, 9.17) is 4.74 Å². The second-order valence-corrected chi connectivity index (χ2v) is 6.43. The van der Waals surface area contributed by atoms with Crippen LogP contribution in [-0.2, 0) is 19.1 Å². The minimum atomic E-state index is -0.543. The van der Waals surface area contributed by atoms with Crippen molar-refractivity contribution in [1.29, 1.82) is 0 Å². The standard InChI is InChI=1S/C15H25NO5/c1-15(2,3)21-14(19)16-11-7-5-6-10(8-11)12(17)9-13(18)20-4/h10-11H,5-9H2,1-4H3,(H,16,19). The fourth-order valence-electron chi connectivity index (χ4n) is 2.45. The van der Waals surface area contributed by atoms with Gasteiger partial charge in [0.2, 0.25) is 0 Å². The normalized spacial score (nSPS) is 22.3. The van der Waals surface area contributed by atoms with Gasteiger partial charge < -0.3 is 14.8 Å². The molecule has 1 saturated carbocycles. The molecule has 21 heavy (non-hydrogen) atoms. The summed E-state index contributed by atoms with van der Waals surface area (Å²) in [6.45, 7) is 5.41. The summed E-state index contributed by atoms with van der Waals surface area (Å²) in [7, 11) is 1.27. The number of esters is 1. The average Bonchev–Trinajstić information content (AvgIpc) is 2.36. The van der Waals surface area contributed by atoms with E-state index >= 15 is 0 Å². The molecule has 2 unspecified atom stereocenters. The largest absolute Gasteiger partial charge is 0.469 e. The number of ether oxygens (including phenoxy) is 2. The molecule has 0 aromatic heterocycles. The first-order valence-electron chi connectivity index (χ1n) is 7.30. The highest BCUT2D eigenvalue weighted by Crippen LogP contribution is 2.26. The first-order valence-corrected chi connectivity index (χ1v) is 7.30. The molecule has 0 heterocycles. The number of alkyl carbamates (subject to hydrolysis) is 1. The summed E-state index contributed by atoms with van der Waals surface area (Å²) in [4.78, 5) is 34.9. The van der Waals surface area contributed by atoms with E-state index in [2.05, 4.69) is 10.1 Å². The number of carbonyl (C=O) groups is 3. The van der Waals surface area contributed by atoms with Crippen LogP contribution in [0.3, 0.4) is 0 Å². The molecular weight excluding hydrogens is 274 g/mol. The molecular formula is C15H25NO5. The Hall–Kier alpha value is -1.59. The Bertz CT molecular complexity index is 399. The van der Waals surface area contributed by atoms with Gasteiger partial charge in [-0.25, -0.2) is 4.79 Å². The molecule has 1 aliphatic rings. The Labute approximate surface area is 125 Å². The Kier molecular flexibility index (Phi) is 6.18. The molecule has 0 spiro atoms. The van der Waals surface area contributed by atoms with Gasteiger partial charge in [-0.15, -0.1) is 0 Å². The van der Waals surface area contributed by atoms with Gasteiger partial charge in [0.05, 0.1) is 7.11 Å².